The second-order valence-corrected chi connectivity index (χ2v) is 8.27. The van der Waals surface area contributed by atoms with Gasteiger partial charge < -0.3 is 0 Å². The van der Waals surface area contributed by atoms with Crippen LogP contribution in [0.25, 0.3) is 6.08 Å². The first-order chi connectivity index (χ1) is 12.4. The number of rotatable bonds is 5. The van der Waals surface area contributed by atoms with Gasteiger partial charge in [0.1, 0.15) is 0 Å². The van der Waals surface area contributed by atoms with E-state index >= 15 is 0 Å². The molecule has 3 heteroatoms. The van der Waals surface area contributed by atoms with Crippen LogP contribution in [0.4, 0.5) is 0 Å². The van der Waals surface area contributed by atoms with Gasteiger partial charge in [0.2, 0.25) is 0 Å². The Balaban J connectivity index is 2.08. The minimum atomic E-state index is -0.360. The number of hydrogen-bond acceptors (Lipinski definition) is 1. The zero-order chi connectivity index (χ0) is 18.9. The normalized spacial score (nSPS) is 16.1. The maximum atomic E-state index is 12.6. The molecular weight excluding hydrogens is 354 g/mol. The third-order valence-corrected chi connectivity index (χ3v) is 6.61. The van der Waals surface area contributed by atoms with Gasteiger partial charge in [-0.05, 0) is 0 Å². The number of nitrogens with zero attached hydrogens (tertiary/aromatic N) is 1. The van der Waals surface area contributed by atoms with Crippen LogP contribution in [0.5, 0.6) is 0 Å². The van der Waals surface area contributed by atoms with Crippen LogP contribution < -0.4 is 0 Å². The molecule has 0 fully saturated rings. The molecule has 2 nitrogen and oxygen atoms in total. The molecule has 3 rings (SSSR count). The van der Waals surface area contributed by atoms with Gasteiger partial charge in [-0.25, -0.2) is 0 Å². The summed E-state index contributed by atoms with van der Waals surface area (Å²) in [4.78, 5) is 12.6. The Morgan fingerprint density at radius 2 is 1.69 bits per heavy atom. The van der Waals surface area contributed by atoms with Crippen molar-refractivity contribution in [1.29, 1.82) is 0 Å². The van der Waals surface area contributed by atoms with Crippen molar-refractivity contribution in [3.8, 4) is 0 Å². The summed E-state index contributed by atoms with van der Waals surface area (Å²) >= 11 is 1.93. The topological polar surface area (TPSA) is 20.3 Å². The van der Waals surface area contributed by atoms with E-state index < -0.39 is 0 Å². The Kier molecular flexibility index (Phi) is 5.55. The molecule has 1 unspecified atom stereocenters. The average Bonchev–Trinajstić information content (AvgIpc) is 2.96. The quantitative estimate of drug-likeness (QED) is 0.622. The third kappa shape index (κ3) is 3.33. The van der Waals surface area contributed by atoms with Crippen LogP contribution in [0, 0.1) is 0 Å². The van der Waals surface area contributed by atoms with Gasteiger partial charge in [-0.2, -0.15) is 0 Å². The number of allylic oxidation sites excluding steroid dienone is 1. The first-order valence-electron chi connectivity index (χ1n) is 9.28. The summed E-state index contributed by atoms with van der Waals surface area (Å²) in [6, 6.07) is 17.2. The molecule has 0 heterocycles. The predicted molar refractivity (Wildman–Crippen MR) is 103 cm³/mol. The van der Waals surface area contributed by atoms with Gasteiger partial charge in [0, 0.05) is 0 Å². The molecule has 1 aliphatic rings. The van der Waals surface area contributed by atoms with E-state index in [0.29, 0.717) is 6.42 Å². The van der Waals surface area contributed by atoms with Crippen LogP contribution in [0.15, 0.2) is 54.1 Å². The van der Waals surface area contributed by atoms with E-state index in [4.69, 9.17) is 0 Å². The Hall–Kier alpha value is -1.64. The molecule has 1 aliphatic carbocycles. The SMILES string of the molecule is CCCC(=O)[N]([Ti])C(C)(C)c1ccccc1C1C(C)=Cc2ccccc21. The van der Waals surface area contributed by atoms with Crippen LogP contribution in [0.1, 0.15) is 68.7 Å². The molecule has 0 bridgehead atoms. The van der Waals surface area contributed by atoms with Crippen molar-refractivity contribution >= 4 is 12.0 Å². The second-order valence-electron chi connectivity index (χ2n) is 7.58. The molecule has 0 spiro atoms. The molecule has 0 N–H and O–H groups in total. The van der Waals surface area contributed by atoms with Gasteiger partial charge in [-0.15, -0.1) is 0 Å². The van der Waals surface area contributed by atoms with Crippen molar-refractivity contribution in [3.63, 3.8) is 0 Å². The Morgan fingerprint density at radius 3 is 2.38 bits per heavy atom. The average molecular weight is 380 g/mol. The molecule has 0 radical (unpaired) electrons. The summed E-state index contributed by atoms with van der Waals surface area (Å²) < 4.78 is 1.91. The fourth-order valence-electron chi connectivity index (χ4n) is 3.96. The maximum absolute atomic E-state index is 12.6. The first-order valence-corrected chi connectivity index (χ1v) is 9.98. The molecular formula is C23H26NOTi. The van der Waals surface area contributed by atoms with Gasteiger partial charge in [0.05, 0.1) is 0 Å². The number of benzene rings is 2. The van der Waals surface area contributed by atoms with Crippen LogP contribution in [-0.2, 0) is 31.0 Å². The van der Waals surface area contributed by atoms with Crippen molar-refractivity contribution in [2.75, 3.05) is 0 Å². The summed E-state index contributed by atoms with van der Waals surface area (Å²) in [6.07, 6.45) is 3.75. The fraction of sp³-hybridized carbons (Fsp3) is 0.348. The van der Waals surface area contributed by atoms with Gasteiger partial charge in [-0.1, -0.05) is 0 Å². The molecule has 2 aromatic rings. The molecule has 0 aromatic heterocycles. The van der Waals surface area contributed by atoms with Gasteiger partial charge in [0.25, 0.3) is 0 Å². The van der Waals surface area contributed by atoms with Gasteiger partial charge in [-0.3, -0.25) is 0 Å². The number of amides is 1. The zero-order valence-electron chi connectivity index (χ0n) is 16.0. The van der Waals surface area contributed by atoms with Crippen molar-refractivity contribution in [3.05, 3.63) is 76.4 Å². The summed E-state index contributed by atoms with van der Waals surface area (Å²) in [5.41, 5.74) is 6.18. The number of carbonyl (C=O) groups is 1. The number of fused-ring (bicyclic) bond motifs is 1. The van der Waals surface area contributed by atoms with Crippen molar-refractivity contribution in [2.45, 2.75) is 52.0 Å². The zero-order valence-corrected chi connectivity index (χ0v) is 17.6. The van der Waals surface area contributed by atoms with Crippen molar-refractivity contribution < 1.29 is 25.5 Å². The number of hydrogen-bond donors (Lipinski definition) is 0. The van der Waals surface area contributed by atoms with E-state index in [0.717, 1.165) is 6.42 Å². The van der Waals surface area contributed by atoms with Crippen LogP contribution in [0.3, 0.4) is 0 Å². The van der Waals surface area contributed by atoms with Crippen LogP contribution in [0.2, 0.25) is 0 Å². The molecule has 0 aliphatic heterocycles. The number of carbonyl (C=O) groups excluding carboxylic acids is 1. The van der Waals surface area contributed by atoms with E-state index in [2.05, 4.69) is 82.3 Å². The monoisotopic (exact) mass is 380 g/mol. The molecule has 1 atom stereocenters. The molecule has 2 aromatic carbocycles. The van der Waals surface area contributed by atoms with Crippen molar-refractivity contribution in [2.24, 2.45) is 0 Å². The van der Waals surface area contributed by atoms with E-state index in [1.807, 2.05) is 24.1 Å². The Bertz CT molecular complexity index is 853. The van der Waals surface area contributed by atoms with Crippen LogP contribution in [-0.4, -0.2) is 9.29 Å². The van der Waals surface area contributed by atoms with Crippen LogP contribution >= 0.6 is 0 Å². The fourth-order valence-corrected chi connectivity index (χ4v) is 4.32. The van der Waals surface area contributed by atoms with Gasteiger partial charge in [0.15, 0.2) is 0 Å². The molecule has 0 saturated heterocycles. The first kappa shape index (κ1) is 19.1. The van der Waals surface area contributed by atoms with Crippen molar-refractivity contribution in [1.82, 2.24) is 3.38 Å². The van der Waals surface area contributed by atoms with E-state index in [9.17, 15) is 4.79 Å². The molecule has 133 valence electrons. The Labute approximate surface area is 169 Å². The van der Waals surface area contributed by atoms with E-state index in [1.165, 1.54) is 27.8 Å². The Morgan fingerprint density at radius 1 is 1.08 bits per heavy atom. The standard InChI is InChI=1S/C23H27NO.Ti/c1-5-10-21(25)24-23(3,4)20-14-9-8-13-19(20)22-16(2)15-17-11-6-7-12-18(17)22;/h6-9,11-15,22H,5,10H2,1-4H3,(H,24,25);/q;+1/p-1. The molecule has 26 heavy (non-hydrogen) atoms. The molecule has 1 amide bonds. The van der Waals surface area contributed by atoms with E-state index in [1.54, 1.807) is 0 Å². The predicted octanol–water partition coefficient (Wildman–Crippen LogP) is 5.56. The summed E-state index contributed by atoms with van der Waals surface area (Å²) in [6.45, 7) is 8.56. The summed E-state index contributed by atoms with van der Waals surface area (Å²) in [7, 11) is 0. The van der Waals surface area contributed by atoms with Gasteiger partial charge >= 0.3 is 169 Å². The molecule has 0 saturated carbocycles. The van der Waals surface area contributed by atoms with E-state index in [-0.39, 0.29) is 17.4 Å². The summed E-state index contributed by atoms with van der Waals surface area (Å²) in [5, 5.41) is 0. The minimum absolute atomic E-state index is 0.200. The summed E-state index contributed by atoms with van der Waals surface area (Å²) in [5.74, 6) is 0.461. The third-order valence-electron chi connectivity index (χ3n) is 5.35. The second kappa shape index (κ2) is 7.54.